The molecule has 4 aromatic rings. The number of hydrogen-bond acceptors (Lipinski definition) is 6. The molecule has 8 nitrogen and oxygen atoms in total. The lowest BCUT2D eigenvalue weighted by molar-refractivity contribution is 0.414. The first-order chi connectivity index (χ1) is 19.8. The smallest absolute Gasteiger partial charge is 0.331 e. The monoisotopic (exact) mass is 561 g/mol. The molecular weight excluding hydrogens is 528 g/mol. The lowest BCUT2D eigenvalue weighted by Crippen LogP contribution is -2.51. The van der Waals surface area contributed by atoms with Crippen LogP contribution in [-0.4, -0.2) is 42.4 Å². The fraction of sp³-hybridized carbons (Fsp3) is 0.290. The van der Waals surface area contributed by atoms with Crippen LogP contribution in [0, 0.1) is 18.6 Å². The number of piperazine rings is 1. The van der Waals surface area contributed by atoms with Gasteiger partial charge in [0.25, 0.3) is 5.56 Å². The average Bonchev–Trinajstić information content (AvgIpc) is 2.99. The van der Waals surface area contributed by atoms with E-state index in [0.29, 0.717) is 37.6 Å². The van der Waals surface area contributed by atoms with Crippen molar-refractivity contribution in [1.29, 1.82) is 0 Å². The van der Waals surface area contributed by atoms with Crippen LogP contribution in [-0.2, 0) is 13.1 Å². The predicted octanol–water partition coefficient (Wildman–Crippen LogP) is 3.68. The molecule has 214 valence electrons. The number of nitrogens with two attached hydrogens (primary N) is 1. The highest BCUT2D eigenvalue weighted by Gasteiger charge is 2.27. The molecule has 0 aliphatic carbocycles. The number of rotatable bonds is 8. The van der Waals surface area contributed by atoms with E-state index in [1.165, 1.54) is 10.6 Å². The topological polar surface area (TPSA) is 85.7 Å². The van der Waals surface area contributed by atoms with Gasteiger partial charge in [0, 0.05) is 55.2 Å². The maximum Gasteiger partial charge on any atom is 0.331 e. The Morgan fingerprint density at radius 1 is 0.854 bits per heavy atom. The molecule has 0 amide bonds. The van der Waals surface area contributed by atoms with Gasteiger partial charge in [0.2, 0.25) is 0 Å². The summed E-state index contributed by atoms with van der Waals surface area (Å²) in [5.74, 6) is -0.766. The number of methoxy groups -OCH3 is 1. The molecule has 10 heteroatoms. The summed E-state index contributed by atoms with van der Waals surface area (Å²) in [4.78, 5) is 31.8. The Labute approximate surface area is 236 Å². The predicted molar refractivity (Wildman–Crippen MR) is 156 cm³/mol. The Kier molecular flexibility index (Phi) is 8.21. The molecule has 5 rings (SSSR count). The van der Waals surface area contributed by atoms with Gasteiger partial charge in [-0.25, -0.2) is 13.6 Å². The van der Waals surface area contributed by atoms with Gasteiger partial charge in [0.15, 0.2) is 0 Å². The number of nitrogens with zero attached hydrogens (tertiary/aromatic N) is 4. The Hall–Kier alpha value is -4.44. The maximum atomic E-state index is 14.7. The van der Waals surface area contributed by atoms with Crippen molar-refractivity contribution in [3.05, 3.63) is 122 Å². The van der Waals surface area contributed by atoms with Crippen LogP contribution in [0.5, 0.6) is 5.75 Å². The normalized spacial score (nSPS) is 14.3. The van der Waals surface area contributed by atoms with E-state index in [4.69, 9.17) is 10.5 Å². The van der Waals surface area contributed by atoms with Crippen LogP contribution < -0.4 is 31.5 Å². The van der Waals surface area contributed by atoms with Crippen LogP contribution >= 0.6 is 0 Å². The van der Waals surface area contributed by atoms with Crippen LogP contribution in [0.25, 0.3) is 0 Å². The summed E-state index contributed by atoms with van der Waals surface area (Å²) in [6.45, 7) is 3.45. The third-order valence-electron chi connectivity index (χ3n) is 7.66. The van der Waals surface area contributed by atoms with Crippen LogP contribution in [0.3, 0.4) is 0 Å². The molecule has 1 aliphatic heterocycles. The van der Waals surface area contributed by atoms with Crippen molar-refractivity contribution in [2.45, 2.75) is 26.1 Å². The number of halogens is 2. The minimum atomic E-state index is -0.761. The Morgan fingerprint density at radius 3 is 2.15 bits per heavy atom. The summed E-state index contributed by atoms with van der Waals surface area (Å²) in [6.07, 6.45) is 0. The van der Waals surface area contributed by atoms with Gasteiger partial charge >= 0.3 is 5.69 Å². The zero-order valence-corrected chi connectivity index (χ0v) is 23.1. The molecule has 1 saturated heterocycles. The van der Waals surface area contributed by atoms with Gasteiger partial charge in [0.05, 0.1) is 20.2 Å². The largest absolute Gasteiger partial charge is 0.497 e. The van der Waals surface area contributed by atoms with Gasteiger partial charge in [-0.3, -0.25) is 13.9 Å². The highest BCUT2D eigenvalue weighted by Crippen LogP contribution is 2.25. The average molecular weight is 562 g/mol. The first-order valence-corrected chi connectivity index (χ1v) is 13.5. The van der Waals surface area contributed by atoms with Crippen LogP contribution in [0.1, 0.15) is 22.9 Å². The Bertz CT molecular complexity index is 1630. The number of ether oxygens (including phenoxy) is 1. The summed E-state index contributed by atoms with van der Waals surface area (Å²) in [5, 5.41) is 0. The second-order valence-corrected chi connectivity index (χ2v) is 10.1. The zero-order chi connectivity index (χ0) is 29.1. The first-order valence-electron chi connectivity index (χ1n) is 13.5. The highest BCUT2D eigenvalue weighted by atomic mass is 19.1. The molecule has 3 aromatic carbocycles. The molecule has 0 radical (unpaired) electrons. The van der Waals surface area contributed by atoms with Crippen LogP contribution in [0.4, 0.5) is 20.2 Å². The molecule has 1 fully saturated rings. The molecule has 0 bridgehead atoms. The van der Waals surface area contributed by atoms with E-state index in [-0.39, 0.29) is 18.7 Å². The van der Waals surface area contributed by atoms with Gasteiger partial charge in [-0.05, 0) is 36.8 Å². The van der Waals surface area contributed by atoms with E-state index < -0.39 is 28.9 Å². The van der Waals surface area contributed by atoms with Crippen molar-refractivity contribution in [3.8, 4) is 5.75 Å². The van der Waals surface area contributed by atoms with E-state index in [1.54, 1.807) is 14.0 Å². The Balaban J connectivity index is 1.53. The summed E-state index contributed by atoms with van der Waals surface area (Å²) in [7, 11) is 1.62. The second kappa shape index (κ2) is 12.0. The van der Waals surface area contributed by atoms with Gasteiger partial charge in [0.1, 0.15) is 23.1 Å². The van der Waals surface area contributed by atoms with Crippen molar-refractivity contribution < 1.29 is 13.5 Å². The molecular formula is C31H33F2N5O3. The molecule has 0 saturated carbocycles. The second-order valence-electron chi connectivity index (χ2n) is 10.1. The number of anilines is 2. The van der Waals surface area contributed by atoms with E-state index >= 15 is 0 Å². The minimum Gasteiger partial charge on any atom is -0.497 e. The first kappa shape index (κ1) is 28.1. The third kappa shape index (κ3) is 5.74. The SMILES string of the molecule is COc1cccc(N2CCN(c3c(C)n(Cc4c(F)cccc4F)c(=O)n(C[C@H](N)c4ccccc4)c3=O)CC2)c1. The highest BCUT2D eigenvalue weighted by molar-refractivity contribution is 5.55. The fourth-order valence-electron chi connectivity index (χ4n) is 5.34. The molecule has 0 unspecified atom stereocenters. The van der Waals surface area contributed by atoms with E-state index in [1.807, 2.05) is 59.5 Å². The maximum absolute atomic E-state index is 14.7. The van der Waals surface area contributed by atoms with Gasteiger partial charge < -0.3 is 20.3 Å². The summed E-state index contributed by atoms with van der Waals surface area (Å²) >= 11 is 0. The van der Waals surface area contributed by atoms with Crippen LogP contribution in [0.2, 0.25) is 0 Å². The number of hydrogen-bond donors (Lipinski definition) is 1. The van der Waals surface area contributed by atoms with Crippen molar-refractivity contribution in [2.75, 3.05) is 43.1 Å². The molecule has 1 aromatic heterocycles. The Morgan fingerprint density at radius 2 is 1.49 bits per heavy atom. The number of benzene rings is 3. The quantitative estimate of drug-likeness (QED) is 0.353. The molecule has 1 aliphatic rings. The molecule has 1 atom stereocenters. The molecule has 2 heterocycles. The summed E-state index contributed by atoms with van der Waals surface area (Å²) in [6, 6.07) is 19.9. The van der Waals surface area contributed by atoms with Crippen molar-refractivity contribution in [1.82, 2.24) is 9.13 Å². The van der Waals surface area contributed by atoms with Crippen molar-refractivity contribution in [2.24, 2.45) is 5.73 Å². The van der Waals surface area contributed by atoms with Crippen molar-refractivity contribution >= 4 is 11.4 Å². The van der Waals surface area contributed by atoms with Gasteiger partial charge in [-0.2, -0.15) is 0 Å². The molecule has 0 spiro atoms. The van der Waals surface area contributed by atoms with Gasteiger partial charge in [-0.1, -0.05) is 42.5 Å². The summed E-state index contributed by atoms with van der Waals surface area (Å²) < 4.78 is 37.0. The van der Waals surface area contributed by atoms with E-state index in [0.717, 1.165) is 33.7 Å². The number of aromatic nitrogens is 2. The van der Waals surface area contributed by atoms with E-state index in [9.17, 15) is 18.4 Å². The summed E-state index contributed by atoms with van der Waals surface area (Å²) in [5.41, 5.74) is 7.49. The lowest BCUT2D eigenvalue weighted by Gasteiger charge is -2.38. The molecule has 41 heavy (non-hydrogen) atoms. The lowest BCUT2D eigenvalue weighted by atomic mass is 10.1. The minimum absolute atomic E-state index is 0.0848. The standard InChI is InChI=1S/C31H33F2N5O3/c1-21-29(36-16-14-35(15-17-36)23-10-6-11-24(18-23)41-2)30(39)38(20-28(34)22-8-4-3-5-9-22)31(40)37(21)19-25-26(32)12-7-13-27(25)33/h3-13,18,28H,14-17,19-20,34H2,1-2H3/t28-/m0/s1. The van der Waals surface area contributed by atoms with E-state index in [2.05, 4.69) is 4.90 Å². The third-order valence-corrected chi connectivity index (χ3v) is 7.66. The van der Waals surface area contributed by atoms with Gasteiger partial charge in [-0.15, -0.1) is 0 Å². The zero-order valence-electron chi connectivity index (χ0n) is 23.1. The fourth-order valence-corrected chi connectivity index (χ4v) is 5.34. The van der Waals surface area contributed by atoms with Crippen molar-refractivity contribution in [3.63, 3.8) is 0 Å². The van der Waals surface area contributed by atoms with Crippen LogP contribution in [0.15, 0.2) is 82.4 Å². The molecule has 2 N–H and O–H groups in total.